The van der Waals surface area contributed by atoms with Crippen molar-refractivity contribution in [2.24, 2.45) is 0 Å². The minimum Gasteiger partial charge on any atom is -0.423 e. The van der Waals surface area contributed by atoms with Crippen molar-refractivity contribution < 1.29 is 30.8 Å². The van der Waals surface area contributed by atoms with E-state index in [1.54, 1.807) is 25.1 Å². The first kappa shape index (κ1) is 21.5. The van der Waals surface area contributed by atoms with E-state index in [0.717, 1.165) is 24.6 Å². The molecule has 0 unspecified atom stereocenters. The summed E-state index contributed by atoms with van der Waals surface area (Å²) in [6.07, 6.45) is -3.54. The summed E-state index contributed by atoms with van der Waals surface area (Å²) in [6, 6.07) is 8.21. The number of sulfonamides is 1. The molecule has 0 aliphatic heterocycles. The summed E-state index contributed by atoms with van der Waals surface area (Å²) in [6.45, 7) is 1.04. The number of halogens is 3. The number of carbonyl (C=O) groups excluding carboxylic acids is 1. The van der Waals surface area contributed by atoms with Gasteiger partial charge in [0, 0.05) is 11.3 Å². The van der Waals surface area contributed by atoms with E-state index < -0.39 is 39.1 Å². The number of carbonyl (C=O) groups is 1. The van der Waals surface area contributed by atoms with Gasteiger partial charge < -0.3 is 9.73 Å². The van der Waals surface area contributed by atoms with E-state index in [4.69, 9.17) is 4.42 Å². The van der Waals surface area contributed by atoms with Crippen molar-refractivity contribution in [2.45, 2.75) is 18.0 Å². The molecule has 1 aromatic heterocycles. The Balaban J connectivity index is 1.70. The van der Waals surface area contributed by atoms with E-state index in [-0.39, 0.29) is 5.89 Å². The fourth-order valence-electron chi connectivity index (χ4n) is 2.47. The highest BCUT2D eigenvalue weighted by atomic mass is 32.2. The number of amides is 1. The van der Waals surface area contributed by atoms with Crippen LogP contribution in [0.3, 0.4) is 0 Å². The summed E-state index contributed by atoms with van der Waals surface area (Å²) in [4.78, 5) is 11.6. The van der Waals surface area contributed by atoms with Crippen LogP contribution in [-0.4, -0.2) is 31.1 Å². The number of aryl methyl sites for hydroxylation is 1. The maximum atomic E-state index is 12.8. The lowest BCUT2D eigenvalue weighted by atomic mass is 10.1. The Kier molecular flexibility index (Phi) is 5.89. The fourth-order valence-corrected chi connectivity index (χ4v) is 3.49. The average Bonchev–Trinajstić information content (AvgIpc) is 3.22. The van der Waals surface area contributed by atoms with Crippen molar-refractivity contribution in [3.05, 3.63) is 60.0 Å². The lowest BCUT2D eigenvalue weighted by Crippen LogP contribution is -2.33. The molecule has 8 nitrogen and oxygen atoms in total. The molecule has 0 aliphatic carbocycles. The zero-order chi connectivity index (χ0) is 21.9. The first-order valence-electron chi connectivity index (χ1n) is 8.40. The van der Waals surface area contributed by atoms with Crippen molar-refractivity contribution in [1.82, 2.24) is 14.9 Å². The quantitative estimate of drug-likeness (QED) is 0.609. The number of aromatic nitrogens is 2. The molecule has 0 bridgehead atoms. The lowest BCUT2D eigenvalue weighted by molar-refractivity contribution is -0.137. The van der Waals surface area contributed by atoms with E-state index >= 15 is 0 Å². The molecule has 2 N–H and O–H groups in total. The lowest BCUT2D eigenvalue weighted by Gasteiger charge is -2.12. The molecule has 0 saturated heterocycles. The molecule has 0 atom stereocenters. The molecule has 1 amide bonds. The Morgan fingerprint density at radius 1 is 1.17 bits per heavy atom. The van der Waals surface area contributed by atoms with Gasteiger partial charge in [0.1, 0.15) is 0 Å². The molecular formula is C18H15F3N4O4S. The Morgan fingerprint density at radius 2 is 1.93 bits per heavy atom. The summed E-state index contributed by atoms with van der Waals surface area (Å²) in [5, 5.41) is 9.87. The molecule has 3 aromatic rings. The van der Waals surface area contributed by atoms with Crippen molar-refractivity contribution >= 4 is 21.6 Å². The van der Waals surface area contributed by atoms with Crippen molar-refractivity contribution in [3.8, 4) is 11.5 Å². The summed E-state index contributed by atoms with van der Waals surface area (Å²) >= 11 is 0. The highest BCUT2D eigenvalue weighted by Gasteiger charge is 2.31. The molecule has 0 saturated carbocycles. The Hall–Kier alpha value is -3.25. The van der Waals surface area contributed by atoms with Crippen LogP contribution in [0, 0.1) is 6.92 Å². The second kappa shape index (κ2) is 8.24. The van der Waals surface area contributed by atoms with Gasteiger partial charge in [-0.3, -0.25) is 4.79 Å². The van der Waals surface area contributed by atoms with Gasteiger partial charge in [-0.1, -0.05) is 12.1 Å². The zero-order valence-corrected chi connectivity index (χ0v) is 16.2. The van der Waals surface area contributed by atoms with Crippen molar-refractivity contribution in [2.75, 3.05) is 11.9 Å². The predicted octanol–water partition coefficient (Wildman–Crippen LogP) is 2.98. The number of hydrogen-bond acceptors (Lipinski definition) is 6. The summed E-state index contributed by atoms with van der Waals surface area (Å²) < 4.78 is 70.0. The second-order valence-electron chi connectivity index (χ2n) is 6.17. The summed E-state index contributed by atoms with van der Waals surface area (Å²) in [5.41, 5.74) is 0.502. The number of hydrogen-bond donors (Lipinski definition) is 2. The minimum absolute atomic E-state index is 0.232. The van der Waals surface area contributed by atoms with Crippen molar-refractivity contribution in [1.29, 1.82) is 0 Å². The molecule has 3 rings (SSSR count). The number of alkyl halides is 3. The standard InChI is InChI=1S/C18H15F3N4O4S/c1-11-5-6-12(17-25-22-10-29-17)7-15(11)24-16(26)9-23-30(27,28)14-4-2-3-13(8-14)18(19,20)21/h2-8,10,23H,9H2,1H3,(H,24,26). The number of anilines is 1. The molecule has 0 radical (unpaired) electrons. The summed E-state index contributed by atoms with van der Waals surface area (Å²) in [7, 11) is -4.33. The van der Waals surface area contributed by atoms with Gasteiger partial charge in [0.15, 0.2) is 0 Å². The van der Waals surface area contributed by atoms with Crippen LogP contribution in [0.2, 0.25) is 0 Å². The third kappa shape index (κ3) is 5.02. The van der Waals surface area contributed by atoms with Crippen LogP contribution in [0.25, 0.3) is 11.5 Å². The van der Waals surface area contributed by atoms with Gasteiger partial charge in [-0.05, 0) is 42.8 Å². The van der Waals surface area contributed by atoms with Gasteiger partial charge in [-0.2, -0.15) is 13.2 Å². The van der Waals surface area contributed by atoms with Crippen LogP contribution in [0.4, 0.5) is 18.9 Å². The van der Waals surface area contributed by atoms with E-state index in [9.17, 15) is 26.4 Å². The maximum Gasteiger partial charge on any atom is 0.416 e. The average molecular weight is 440 g/mol. The van der Waals surface area contributed by atoms with Crippen LogP contribution in [0.1, 0.15) is 11.1 Å². The van der Waals surface area contributed by atoms with Gasteiger partial charge >= 0.3 is 6.18 Å². The van der Waals surface area contributed by atoms with Crippen LogP contribution < -0.4 is 10.0 Å². The Bertz CT molecular complexity index is 1160. The van der Waals surface area contributed by atoms with E-state index in [2.05, 4.69) is 15.5 Å². The number of rotatable bonds is 6. The topological polar surface area (TPSA) is 114 Å². The van der Waals surface area contributed by atoms with Gasteiger partial charge in [0.2, 0.25) is 28.2 Å². The molecule has 2 aromatic carbocycles. The molecule has 1 heterocycles. The molecule has 0 fully saturated rings. The normalized spacial score (nSPS) is 12.0. The zero-order valence-electron chi connectivity index (χ0n) is 15.4. The molecule has 12 heteroatoms. The maximum absolute atomic E-state index is 12.8. The number of nitrogens with zero attached hydrogens (tertiary/aromatic N) is 2. The largest absolute Gasteiger partial charge is 0.423 e. The third-order valence-electron chi connectivity index (χ3n) is 4.01. The predicted molar refractivity (Wildman–Crippen MR) is 99.7 cm³/mol. The van der Waals surface area contributed by atoms with Gasteiger partial charge in [-0.15, -0.1) is 10.2 Å². The first-order valence-corrected chi connectivity index (χ1v) is 9.88. The highest BCUT2D eigenvalue weighted by Crippen LogP contribution is 2.30. The molecule has 0 spiro atoms. The molecule has 30 heavy (non-hydrogen) atoms. The van der Waals surface area contributed by atoms with E-state index in [0.29, 0.717) is 22.9 Å². The Labute approximate surface area is 169 Å². The summed E-state index contributed by atoms with van der Waals surface area (Å²) in [5.74, 6) is -0.480. The molecule has 0 aliphatic rings. The van der Waals surface area contributed by atoms with Crippen LogP contribution in [-0.2, 0) is 21.0 Å². The first-order chi connectivity index (χ1) is 14.1. The van der Waals surface area contributed by atoms with E-state index in [1.807, 2.05) is 4.72 Å². The van der Waals surface area contributed by atoms with Crippen molar-refractivity contribution in [3.63, 3.8) is 0 Å². The van der Waals surface area contributed by atoms with Crippen LogP contribution >= 0.6 is 0 Å². The highest BCUT2D eigenvalue weighted by molar-refractivity contribution is 7.89. The number of nitrogens with one attached hydrogen (secondary N) is 2. The second-order valence-corrected chi connectivity index (χ2v) is 7.94. The van der Waals surface area contributed by atoms with Gasteiger partial charge in [-0.25, -0.2) is 13.1 Å². The monoisotopic (exact) mass is 440 g/mol. The van der Waals surface area contributed by atoms with Gasteiger partial charge in [0.25, 0.3) is 0 Å². The Morgan fingerprint density at radius 3 is 2.60 bits per heavy atom. The van der Waals surface area contributed by atoms with Crippen LogP contribution in [0.15, 0.2) is 58.2 Å². The smallest absolute Gasteiger partial charge is 0.416 e. The SMILES string of the molecule is Cc1ccc(-c2nnco2)cc1NC(=O)CNS(=O)(=O)c1cccc(C(F)(F)F)c1. The van der Waals surface area contributed by atoms with Gasteiger partial charge in [0.05, 0.1) is 17.0 Å². The fraction of sp³-hybridized carbons (Fsp3) is 0.167. The minimum atomic E-state index is -4.69. The molecular weight excluding hydrogens is 425 g/mol. The van der Waals surface area contributed by atoms with E-state index in [1.165, 1.54) is 0 Å². The van der Waals surface area contributed by atoms with Crippen LogP contribution in [0.5, 0.6) is 0 Å². The number of benzene rings is 2. The molecule has 158 valence electrons. The third-order valence-corrected chi connectivity index (χ3v) is 5.41.